The van der Waals surface area contributed by atoms with Gasteiger partial charge in [0.05, 0.1) is 10.6 Å². The molecule has 0 saturated heterocycles. The van der Waals surface area contributed by atoms with Gasteiger partial charge in [-0.3, -0.25) is 9.36 Å². The minimum absolute atomic E-state index is 0.0719. The largest absolute Gasteiger partial charge is 0.486 e. The van der Waals surface area contributed by atoms with Crippen molar-refractivity contribution in [3.8, 4) is 11.4 Å². The number of ether oxygens (including phenoxy) is 1. The van der Waals surface area contributed by atoms with Crippen molar-refractivity contribution in [1.29, 1.82) is 0 Å². The Bertz CT molecular complexity index is 1490. The van der Waals surface area contributed by atoms with E-state index in [0.717, 1.165) is 5.69 Å². The van der Waals surface area contributed by atoms with Crippen molar-refractivity contribution in [1.82, 2.24) is 19.1 Å². The number of hydrogen-bond acceptors (Lipinski definition) is 7. The summed E-state index contributed by atoms with van der Waals surface area (Å²) in [5.74, 6) is 1.03. The Balaban J connectivity index is 1.43. The van der Waals surface area contributed by atoms with Crippen LogP contribution in [0, 0.1) is 0 Å². The van der Waals surface area contributed by atoms with Gasteiger partial charge in [-0.25, -0.2) is 8.42 Å². The highest BCUT2D eigenvalue weighted by molar-refractivity contribution is 7.99. The van der Waals surface area contributed by atoms with Gasteiger partial charge in [-0.15, -0.1) is 10.2 Å². The van der Waals surface area contributed by atoms with Gasteiger partial charge >= 0.3 is 0 Å². The van der Waals surface area contributed by atoms with Crippen LogP contribution in [0.4, 0.5) is 5.69 Å². The standard InChI is InChI=1S/C27H28ClN5O4S2/c1-3-32(4-2)39(35,36)24-16-12-21(13-17-24)29-26(34)19-38-27-31-30-25(33(27)22-8-6-5-7-9-22)18-37-23-14-10-20(28)11-15-23/h5-17H,3-4,18-19H2,1-2H3,(H,29,34). The lowest BCUT2D eigenvalue weighted by molar-refractivity contribution is -0.113. The average Bonchev–Trinajstić information content (AvgIpc) is 3.35. The molecule has 204 valence electrons. The maximum Gasteiger partial charge on any atom is 0.243 e. The predicted molar refractivity (Wildman–Crippen MR) is 153 cm³/mol. The Morgan fingerprint density at radius 2 is 1.64 bits per heavy atom. The number of sulfonamides is 1. The molecule has 0 unspecified atom stereocenters. The molecule has 1 heterocycles. The number of nitrogens with zero attached hydrogens (tertiary/aromatic N) is 4. The zero-order valence-electron chi connectivity index (χ0n) is 21.5. The summed E-state index contributed by atoms with van der Waals surface area (Å²) in [6.45, 7) is 4.52. The van der Waals surface area contributed by atoms with Gasteiger partial charge in [0, 0.05) is 29.5 Å². The SMILES string of the molecule is CCN(CC)S(=O)(=O)c1ccc(NC(=O)CSc2nnc(COc3ccc(Cl)cc3)n2-c2ccccc2)cc1. The van der Waals surface area contributed by atoms with Gasteiger partial charge in [-0.1, -0.05) is 55.4 Å². The van der Waals surface area contributed by atoms with Crippen molar-refractivity contribution < 1.29 is 17.9 Å². The minimum atomic E-state index is -3.56. The third kappa shape index (κ3) is 7.18. The number of anilines is 1. The van der Waals surface area contributed by atoms with Crippen molar-refractivity contribution in [2.24, 2.45) is 0 Å². The number of halogens is 1. The van der Waals surface area contributed by atoms with Crippen molar-refractivity contribution in [3.05, 3.63) is 89.7 Å². The number of nitrogens with one attached hydrogen (secondary N) is 1. The van der Waals surface area contributed by atoms with E-state index in [-0.39, 0.29) is 23.2 Å². The summed E-state index contributed by atoms with van der Waals surface area (Å²) in [7, 11) is -3.56. The van der Waals surface area contributed by atoms with Crippen LogP contribution in [-0.4, -0.2) is 52.2 Å². The van der Waals surface area contributed by atoms with Gasteiger partial charge in [0.2, 0.25) is 15.9 Å². The Kier molecular flexibility index (Phi) is 9.63. The first-order valence-electron chi connectivity index (χ1n) is 12.2. The molecule has 0 bridgehead atoms. The topological polar surface area (TPSA) is 106 Å². The maximum atomic E-state index is 12.7. The third-order valence-electron chi connectivity index (χ3n) is 5.71. The summed E-state index contributed by atoms with van der Waals surface area (Å²) in [6, 6.07) is 22.8. The molecule has 4 aromatic rings. The molecule has 9 nitrogen and oxygen atoms in total. The summed E-state index contributed by atoms with van der Waals surface area (Å²) in [5, 5.41) is 12.5. The number of para-hydroxylation sites is 1. The van der Waals surface area contributed by atoms with Gasteiger partial charge in [-0.2, -0.15) is 4.31 Å². The number of aromatic nitrogens is 3. The fraction of sp³-hybridized carbons (Fsp3) is 0.222. The van der Waals surface area contributed by atoms with Crippen molar-refractivity contribution in [2.45, 2.75) is 30.5 Å². The molecule has 0 fully saturated rings. The lowest BCUT2D eigenvalue weighted by Gasteiger charge is -2.18. The summed E-state index contributed by atoms with van der Waals surface area (Å²) in [4.78, 5) is 12.9. The van der Waals surface area contributed by atoms with E-state index in [1.165, 1.54) is 28.2 Å². The van der Waals surface area contributed by atoms with E-state index in [2.05, 4.69) is 15.5 Å². The van der Waals surface area contributed by atoms with Crippen LogP contribution in [0.25, 0.3) is 5.69 Å². The van der Waals surface area contributed by atoms with Crippen molar-refractivity contribution >= 4 is 45.0 Å². The maximum absolute atomic E-state index is 12.7. The fourth-order valence-electron chi connectivity index (χ4n) is 3.75. The highest BCUT2D eigenvalue weighted by Crippen LogP contribution is 2.24. The normalized spacial score (nSPS) is 11.5. The summed E-state index contributed by atoms with van der Waals surface area (Å²) < 4.78 is 34.5. The van der Waals surface area contributed by atoms with E-state index >= 15 is 0 Å². The molecule has 3 aromatic carbocycles. The number of rotatable bonds is 12. The van der Waals surface area contributed by atoms with Crippen molar-refractivity contribution in [3.63, 3.8) is 0 Å². The molecule has 0 aliphatic heterocycles. The molecule has 0 aliphatic carbocycles. The van der Waals surface area contributed by atoms with Crippen LogP contribution < -0.4 is 10.1 Å². The smallest absolute Gasteiger partial charge is 0.243 e. The number of amides is 1. The molecule has 1 amide bonds. The van der Waals surface area contributed by atoms with Gasteiger partial charge in [0.25, 0.3) is 0 Å². The van der Waals surface area contributed by atoms with Crippen LogP contribution in [0.2, 0.25) is 5.02 Å². The molecule has 4 rings (SSSR count). The summed E-state index contributed by atoms with van der Waals surface area (Å²) >= 11 is 7.19. The monoisotopic (exact) mass is 585 g/mol. The second-order valence-corrected chi connectivity index (χ2v) is 11.6. The van der Waals surface area contributed by atoms with Crippen LogP contribution in [0.3, 0.4) is 0 Å². The van der Waals surface area contributed by atoms with E-state index < -0.39 is 10.0 Å². The van der Waals surface area contributed by atoms with Crippen LogP contribution in [-0.2, 0) is 21.4 Å². The molecule has 0 atom stereocenters. The molecular formula is C27H28ClN5O4S2. The van der Waals surface area contributed by atoms with E-state index in [4.69, 9.17) is 16.3 Å². The molecule has 0 spiro atoms. The zero-order chi connectivity index (χ0) is 27.8. The zero-order valence-corrected chi connectivity index (χ0v) is 23.8. The molecule has 39 heavy (non-hydrogen) atoms. The Hall–Kier alpha value is -3.38. The Morgan fingerprint density at radius 3 is 2.28 bits per heavy atom. The summed E-state index contributed by atoms with van der Waals surface area (Å²) in [5.41, 5.74) is 1.34. The van der Waals surface area contributed by atoms with Gasteiger partial charge in [-0.05, 0) is 60.7 Å². The van der Waals surface area contributed by atoms with Crippen LogP contribution in [0.5, 0.6) is 5.75 Å². The average molecular weight is 586 g/mol. The first-order chi connectivity index (χ1) is 18.8. The molecular weight excluding hydrogens is 558 g/mol. The molecule has 1 N–H and O–H groups in total. The molecule has 1 aromatic heterocycles. The highest BCUT2D eigenvalue weighted by Gasteiger charge is 2.21. The number of hydrogen-bond donors (Lipinski definition) is 1. The van der Waals surface area contributed by atoms with E-state index in [0.29, 0.717) is 40.5 Å². The summed E-state index contributed by atoms with van der Waals surface area (Å²) in [6.07, 6.45) is 0. The highest BCUT2D eigenvalue weighted by atomic mass is 35.5. The van der Waals surface area contributed by atoms with Gasteiger partial charge in [0.1, 0.15) is 12.4 Å². The van der Waals surface area contributed by atoms with Crippen LogP contribution >= 0.6 is 23.4 Å². The third-order valence-corrected chi connectivity index (χ3v) is 8.96. The minimum Gasteiger partial charge on any atom is -0.486 e. The second kappa shape index (κ2) is 13.1. The number of thioether (sulfide) groups is 1. The lowest BCUT2D eigenvalue weighted by atomic mass is 10.3. The number of benzene rings is 3. The quantitative estimate of drug-likeness (QED) is 0.226. The Morgan fingerprint density at radius 1 is 0.974 bits per heavy atom. The van der Waals surface area contributed by atoms with Crippen molar-refractivity contribution in [2.75, 3.05) is 24.2 Å². The van der Waals surface area contributed by atoms with E-state index in [9.17, 15) is 13.2 Å². The fourth-order valence-corrected chi connectivity index (χ4v) is 6.11. The Labute approximate surface area is 237 Å². The van der Waals surface area contributed by atoms with Gasteiger partial charge in [0.15, 0.2) is 11.0 Å². The van der Waals surface area contributed by atoms with Crippen LogP contribution in [0.15, 0.2) is 88.9 Å². The molecule has 12 heteroatoms. The van der Waals surface area contributed by atoms with E-state index in [1.807, 2.05) is 34.9 Å². The molecule has 0 saturated carbocycles. The predicted octanol–water partition coefficient (Wildman–Crippen LogP) is 5.26. The second-order valence-electron chi connectivity index (χ2n) is 8.26. The first kappa shape index (κ1) is 28.6. The first-order valence-corrected chi connectivity index (χ1v) is 15.0. The van der Waals surface area contributed by atoms with Gasteiger partial charge < -0.3 is 10.1 Å². The van der Waals surface area contributed by atoms with Crippen LogP contribution in [0.1, 0.15) is 19.7 Å². The van der Waals surface area contributed by atoms with E-state index in [1.54, 1.807) is 50.2 Å². The molecule has 0 radical (unpaired) electrons. The number of carbonyl (C=O) groups excluding carboxylic acids is 1. The molecule has 0 aliphatic rings. The number of carbonyl (C=O) groups is 1. The lowest BCUT2D eigenvalue weighted by Crippen LogP contribution is -2.30.